The summed E-state index contributed by atoms with van der Waals surface area (Å²) in [5.74, 6) is 1.57. The lowest BCUT2D eigenvalue weighted by Crippen LogP contribution is -1.97. The Morgan fingerprint density at radius 1 is 0.962 bits per heavy atom. The highest BCUT2D eigenvalue weighted by atomic mass is 32.2. The van der Waals surface area contributed by atoms with E-state index in [9.17, 15) is 8.42 Å². The van der Waals surface area contributed by atoms with Crippen LogP contribution in [0.3, 0.4) is 0 Å². The number of sulfone groups is 1. The van der Waals surface area contributed by atoms with Gasteiger partial charge in [0.05, 0.1) is 10.8 Å². The van der Waals surface area contributed by atoms with Gasteiger partial charge in [-0.25, -0.2) is 8.42 Å². The summed E-state index contributed by atoms with van der Waals surface area (Å²) in [6.45, 7) is 4.33. The van der Waals surface area contributed by atoms with Gasteiger partial charge in [-0.1, -0.05) is 61.5 Å². The van der Waals surface area contributed by atoms with Crippen LogP contribution in [0.2, 0.25) is 0 Å². The van der Waals surface area contributed by atoms with E-state index in [-0.39, 0.29) is 17.3 Å². The van der Waals surface area contributed by atoms with Gasteiger partial charge in [0, 0.05) is 17.7 Å². The van der Waals surface area contributed by atoms with Crippen LogP contribution in [0.5, 0.6) is 0 Å². The summed E-state index contributed by atoms with van der Waals surface area (Å²) < 4.78 is 28.8. The summed E-state index contributed by atoms with van der Waals surface area (Å²) in [5, 5.41) is 4.12. The molecule has 26 heavy (non-hydrogen) atoms. The normalized spacial score (nSPS) is 21.5. The summed E-state index contributed by atoms with van der Waals surface area (Å²) in [4.78, 5) is 4.93. The molecule has 1 heterocycles. The number of benzene rings is 2. The van der Waals surface area contributed by atoms with Crippen molar-refractivity contribution in [1.29, 1.82) is 0 Å². The van der Waals surface area contributed by atoms with E-state index in [4.69, 9.17) is 4.52 Å². The van der Waals surface area contributed by atoms with Crippen LogP contribution in [0.4, 0.5) is 0 Å². The average molecular weight is 368 g/mol. The first-order valence-electron chi connectivity index (χ1n) is 8.47. The largest absolute Gasteiger partial charge is 0.339 e. The molecule has 0 amide bonds. The second kappa shape index (κ2) is 5.77. The summed E-state index contributed by atoms with van der Waals surface area (Å²) in [5.41, 5.74) is 1.99. The van der Waals surface area contributed by atoms with Gasteiger partial charge in [-0.05, 0) is 23.1 Å². The second-order valence-corrected chi connectivity index (χ2v) is 9.46. The zero-order chi connectivity index (χ0) is 18.5. The third-order valence-electron chi connectivity index (χ3n) is 5.23. The van der Waals surface area contributed by atoms with Crippen molar-refractivity contribution in [3.63, 3.8) is 0 Å². The first-order chi connectivity index (χ1) is 12.3. The Kier molecular flexibility index (Phi) is 3.77. The van der Waals surface area contributed by atoms with E-state index in [1.54, 1.807) is 12.1 Å². The van der Waals surface area contributed by atoms with E-state index in [1.165, 1.54) is 6.26 Å². The molecule has 3 aromatic rings. The number of hydrogen-bond acceptors (Lipinski definition) is 5. The molecule has 0 N–H and O–H groups in total. The molecule has 0 aliphatic heterocycles. The minimum absolute atomic E-state index is 0.0207. The highest BCUT2D eigenvalue weighted by Gasteiger charge is 2.62. The Hall–Kier alpha value is -2.47. The van der Waals surface area contributed by atoms with Gasteiger partial charge < -0.3 is 4.52 Å². The molecule has 0 bridgehead atoms. The Bertz CT molecular complexity index is 1040. The quantitative estimate of drug-likeness (QED) is 0.695. The van der Waals surface area contributed by atoms with Crippen molar-refractivity contribution in [3.8, 4) is 11.4 Å². The molecule has 0 saturated heterocycles. The first-order valence-corrected chi connectivity index (χ1v) is 10.4. The van der Waals surface area contributed by atoms with E-state index in [0.29, 0.717) is 16.6 Å². The molecule has 1 aliphatic rings. The van der Waals surface area contributed by atoms with Crippen molar-refractivity contribution in [2.24, 2.45) is 5.41 Å². The molecule has 1 aliphatic carbocycles. The summed E-state index contributed by atoms with van der Waals surface area (Å²) in [6.07, 6.45) is 1.22. The Labute approximate surface area is 153 Å². The van der Waals surface area contributed by atoms with Gasteiger partial charge in [0.25, 0.3) is 0 Å². The third-order valence-corrected chi connectivity index (χ3v) is 6.36. The fourth-order valence-electron chi connectivity index (χ4n) is 3.71. The average Bonchev–Trinajstić information content (AvgIpc) is 2.95. The van der Waals surface area contributed by atoms with E-state index in [1.807, 2.05) is 42.5 Å². The van der Waals surface area contributed by atoms with Crippen molar-refractivity contribution in [1.82, 2.24) is 10.1 Å². The zero-order valence-corrected chi connectivity index (χ0v) is 15.7. The molecule has 1 saturated carbocycles. The van der Waals surface area contributed by atoms with Crippen molar-refractivity contribution in [3.05, 3.63) is 66.1 Å². The van der Waals surface area contributed by atoms with Crippen LogP contribution < -0.4 is 0 Å². The van der Waals surface area contributed by atoms with Crippen LogP contribution in [-0.4, -0.2) is 24.8 Å². The van der Waals surface area contributed by atoms with E-state index >= 15 is 0 Å². The fraction of sp³-hybridized carbons (Fsp3) is 0.300. The van der Waals surface area contributed by atoms with Crippen LogP contribution in [0.25, 0.3) is 11.4 Å². The minimum atomic E-state index is -3.19. The molecule has 0 spiro atoms. The maximum atomic E-state index is 11.6. The highest BCUT2D eigenvalue weighted by Crippen LogP contribution is 2.69. The minimum Gasteiger partial charge on any atom is -0.339 e. The second-order valence-electron chi connectivity index (χ2n) is 7.44. The molecule has 2 atom stereocenters. The maximum absolute atomic E-state index is 11.6. The first kappa shape index (κ1) is 17.0. The molecular formula is C20H20N2O3S. The molecule has 134 valence electrons. The van der Waals surface area contributed by atoms with E-state index < -0.39 is 9.84 Å². The molecule has 1 fully saturated rings. The number of hydrogen-bond donors (Lipinski definition) is 0. The summed E-state index contributed by atoms with van der Waals surface area (Å²) in [6, 6.07) is 16.8. The Morgan fingerprint density at radius 3 is 2.23 bits per heavy atom. The molecule has 0 radical (unpaired) electrons. The van der Waals surface area contributed by atoms with Gasteiger partial charge in [0.1, 0.15) is 0 Å². The lowest BCUT2D eigenvalue weighted by molar-refractivity contribution is 0.368. The molecule has 2 aromatic carbocycles. The van der Waals surface area contributed by atoms with Crippen LogP contribution in [0, 0.1) is 5.41 Å². The molecule has 5 nitrogen and oxygen atoms in total. The van der Waals surface area contributed by atoms with E-state index in [2.05, 4.69) is 24.0 Å². The molecule has 4 rings (SSSR count). The van der Waals surface area contributed by atoms with Gasteiger partial charge in [0.2, 0.25) is 11.7 Å². The lowest BCUT2D eigenvalue weighted by Gasteiger charge is -2.04. The van der Waals surface area contributed by atoms with Crippen molar-refractivity contribution in [2.75, 3.05) is 6.26 Å². The van der Waals surface area contributed by atoms with Crippen molar-refractivity contribution < 1.29 is 12.9 Å². The Morgan fingerprint density at radius 2 is 1.62 bits per heavy atom. The van der Waals surface area contributed by atoms with Gasteiger partial charge in [-0.3, -0.25) is 0 Å². The molecule has 1 aromatic heterocycles. The number of rotatable bonds is 4. The zero-order valence-electron chi connectivity index (χ0n) is 14.9. The number of aromatic nitrogens is 2. The molecular weight excluding hydrogens is 348 g/mol. The third kappa shape index (κ3) is 2.84. The Balaban J connectivity index is 1.62. The maximum Gasteiger partial charge on any atom is 0.231 e. The van der Waals surface area contributed by atoms with Gasteiger partial charge in [-0.15, -0.1) is 0 Å². The monoisotopic (exact) mass is 368 g/mol. The number of nitrogens with zero attached hydrogens (tertiary/aromatic N) is 2. The van der Waals surface area contributed by atoms with Crippen molar-refractivity contribution in [2.45, 2.75) is 30.6 Å². The van der Waals surface area contributed by atoms with Gasteiger partial charge >= 0.3 is 0 Å². The van der Waals surface area contributed by atoms with Crippen LogP contribution in [0.1, 0.15) is 37.1 Å². The SMILES string of the molecule is CC1(C)[C@@H](c2ccc(S(C)(=O)=O)cc2)[C@@H]1c1nc(-c2ccccc2)no1. The molecule has 0 unspecified atom stereocenters. The van der Waals surface area contributed by atoms with Crippen LogP contribution in [0.15, 0.2) is 64.0 Å². The standard InChI is InChI=1S/C20H20N2O3S/c1-20(2)16(13-9-11-15(12-10-13)26(3,23)24)17(20)19-21-18(22-25-19)14-7-5-4-6-8-14/h4-12,16-17H,1-3H3/t16-,17+/m0/s1. The summed E-state index contributed by atoms with van der Waals surface area (Å²) >= 11 is 0. The molecule has 6 heteroatoms. The van der Waals surface area contributed by atoms with Gasteiger partial charge in [0.15, 0.2) is 9.84 Å². The van der Waals surface area contributed by atoms with Crippen LogP contribution >= 0.6 is 0 Å². The smallest absolute Gasteiger partial charge is 0.231 e. The van der Waals surface area contributed by atoms with Gasteiger partial charge in [-0.2, -0.15) is 4.98 Å². The van der Waals surface area contributed by atoms with E-state index in [0.717, 1.165) is 11.1 Å². The predicted octanol–water partition coefficient (Wildman–Crippen LogP) is 4.05. The predicted molar refractivity (Wildman–Crippen MR) is 98.5 cm³/mol. The topological polar surface area (TPSA) is 73.1 Å². The lowest BCUT2D eigenvalue weighted by atomic mass is 10.0. The van der Waals surface area contributed by atoms with Crippen molar-refractivity contribution >= 4 is 9.84 Å². The fourth-order valence-corrected chi connectivity index (χ4v) is 4.34. The summed E-state index contributed by atoms with van der Waals surface area (Å²) in [7, 11) is -3.19. The van der Waals surface area contributed by atoms with Crippen LogP contribution in [-0.2, 0) is 9.84 Å². The highest BCUT2D eigenvalue weighted by molar-refractivity contribution is 7.90.